The summed E-state index contributed by atoms with van der Waals surface area (Å²) in [6.45, 7) is -0.661. The average Bonchev–Trinajstić information content (AvgIpc) is 3.71. The third kappa shape index (κ3) is 11.7. The highest BCUT2D eigenvalue weighted by atomic mass is 35.5. The van der Waals surface area contributed by atoms with Gasteiger partial charge in [0.05, 0.1) is 59.5 Å². The molecule has 6 rings (SSSR count). The van der Waals surface area contributed by atoms with Gasteiger partial charge in [-0.25, -0.2) is 46.1 Å². The molecule has 0 aliphatic heterocycles. The number of fused-ring (bicyclic) bond motifs is 1. The number of H-pyrrole nitrogens is 1. The van der Waals surface area contributed by atoms with Crippen molar-refractivity contribution in [3.05, 3.63) is 128 Å². The molecule has 2 N–H and O–H groups in total. The molecular weight excluding hydrogens is 1000 g/mol. The van der Waals surface area contributed by atoms with Crippen molar-refractivity contribution >= 4 is 101 Å². The fraction of sp³-hybridized carbons (Fsp3) is 0.189. The van der Waals surface area contributed by atoms with E-state index in [9.17, 15) is 52.8 Å². The number of pyridine rings is 2. The van der Waals surface area contributed by atoms with Crippen LogP contribution >= 0.6 is 46.4 Å². The Kier molecular flexibility index (Phi) is 16.4. The quantitative estimate of drug-likeness (QED) is 0.0509. The van der Waals surface area contributed by atoms with Crippen molar-refractivity contribution in [2.24, 2.45) is 0 Å². The van der Waals surface area contributed by atoms with Crippen LogP contribution < -0.4 is 9.03 Å². The number of hydrogen-bond acceptors (Lipinski definition) is 12. The zero-order chi connectivity index (χ0) is 47.5. The van der Waals surface area contributed by atoms with Gasteiger partial charge in [0.1, 0.15) is 30.1 Å². The van der Waals surface area contributed by atoms with E-state index in [0.29, 0.717) is 27.5 Å². The minimum Gasteiger partial charge on any atom is -0.363 e. The fourth-order valence-corrected chi connectivity index (χ4v) is 8.61. The number of carbonyl (C=O) groups excluding carboxylic acids is 2. The van der Waals surface area contributed by atoms with Crippen molar-refractivity contribution in [2.45, 2.75) is 29.6 Å². The third-order valence-electron chi connectivity index (χ3n) is 8.38. The summed E-state index contributed by atoms with van der Waals surface area (Å²) in [5.41, 5.74) is -3.80. The van der Waals surface area contributed by atoms with E-state index in [1.807, 2.05) is 0 Å². The molecule has 65 heavy (non-hydrogen) atoms. The van der Waals surface area contributed by atoms with E-state index in [4.69, 9.17) is 56.0 Å². The number of sulfonamides is 2. The first kappa shape index (κ1) is 52.3. The van der Waals surface area contributed by atoms with Gasteiger partial charge in [-0.2, -0.15) is 26.3 Å². The summed E-state index contributed by atoms with van der Waals surface area (Å²) in [6, 6.07) is 7.96. The summed E-state index contributed by atoms with van der Waals surface area (Å²) in [7, 11) is -5.67. The van der Waals surface area contributed by atoms with E-state index in [0.717, 1.165) is 67.3 Å². The number of aromatic amines is 1. The average molecular weight is 1030 g/mol. The first-order valence-electron chi connectivity index (χ1n) is 17.1. The van der Waals surface area contributed by atoms with Crippen LogP contribution in [-0.4, -0.2) is 86.5 Å². The van der Waals surface area contributed by atoms with Crippen molar-refractivity contribution in [1.29, 1.82) is 0 Å². The van der Waals surface area contributed by atoms with Gasteiger partial charge in [-0.15, -0.1) is 0 Å². The van der Waals surface area contributed by atoms with Gasteiger partial charge in [0, 0.05) is 38.1 Å². The summed E-state index contributed by atoms with van der Waals surface area (Å²) in [5.74, 6) is -1.60. The standard InChI is InChI=1S/C19H10Cl2F3N5O3S.C17H16Cl2F3N3O5S.CH4/c20-9-5-14(29-33(31,32)10-1-2-13(21)12(6-10)19(22,23)24)16(26-7-9)17(30)15-11-3-4-25-18(11)28-8-27-15;1-24(30-3)16(26)15-14(6-10(18)8-23-15)25(9-29-2)31(27,28)11-4-5-13(19)12(7-11)17(20,21)22;/h1-8,29H,(H,25,27,28);4-8H,9H2,1-3H3;1H4. The fourth-order valence-electron chi connectivity index (χ4n) is 5.37. The van der Waals surface area contributed by atoms with Crippen LogP contribution in [0, 0.1) is 0 Å². The van der Waals surface area contributed by atoms with Crippen molar-refractivity contribution in [3.8, 4) is 0 Å². The van der Waals surface area contributed by atoms with Crippen molar-refractivity contribution < 1.29 is 62.3 Å². The van der Waals surface area contributed by atoms with Crippen LogP contribution in [0.25, 0.3) is 11.0 Å². The number of halogens is 10. The first-order valence-corrected chi connectivity index (χ1v) is 21.5. The molecule has 348 valence electrons. The van der Waals surface area contributed by atoms with Gasteiger partial charge in [-0.1, -0.05) is 53.8 Å². The SMILES string of the molecule is C.COCN(c1cc(Cl)cnc1C(=O)N(C)OC)S(=O)(=O)c1ccc(Cl)c(C(F)(F)F)c1.O=C(c1ncc(Cl)cc1NS(=O)(=O)c1ccc(Cl)c(C(F)(F)F)c1)c1ncnc2[nH]ccc12. The number of hydroxylamine groups is 2. The summed E-state index contributed by atoms with van der Waals surface area (Å²) in [5, 5.41) is -0.254. The molecule has 4 aromatic heterocycles. The van der Waals surface area contributed by atoms with Gasteiger partial charge in [0.2, 0.25) is 5.78 Å². The van der Waals surface area contributed by atoms with Gasteiger partial charge in [0.15, 0.2) is 5.69 Å². The summed E-state index contributed by atoms with van der Waals surface area (Å²) in [4.78, 5) is 47.6. The van der Waals surface area contributed by atoms with E-state index in [1.54, 1.807) is 6.07 Å². The first-order chi connectivity index (χ1) is 29.8. The van der Waals surface area contributed by atoms with Crippen LogP contribution in [0.4, 0.5) is 37.7 Å². The van der Waals surface area contributed by atoms with Gasteiger partial charge >= 0.3 is 12.4 Å². The van der Waals surface area contributed by atoms with Crippen LogP contribution in [0.5, 0.6) is 0 Å². The summed E-state index contributed by atoms with van der Waals surface area (Å²) >= 11 is 23.0. The Morgan fingerprint density at radius 3 is 1.88 bits per heavy atom. The Morgan fingerprint density at radius 2 is 1.31 bits per heavy atom. The number of nitrogens with zero attached hydrogens (tertiary/aromatic N) is 6. The van der Waals surface area contributed by atoms with Crippen LogP contribution in [0.2, 0.25) is 20.1 Å². The lowest BCUT2D eigenvalue weighted by Gasteiger charge is -2.26. The predicted octanol–water partition coefficient (Wildman–Crippen LogP) is 9.19. The maximum Gasteiger partial charge on any atom is 0.417 e. The molecule has 0 bridgehead atoms. The Balaban J connectivity index is 0.000000281. The maximum absolute atomic E-state index is 13.2. The second kappa shape index (κ2) is 20.4. The molecule has 0 unspecified atom stereocenters. The lowest BCUT2D eigenvalue weighted by Crippen LogP contribution is -2.36. The summed E-state index contributed by atoms with van der Waals surface area (Å²) < 4.78 is 139. The number of nitrogens with one attached hydrogen (secondary N) is 2. The molecule has 6 aromatic rings. The number of methoxy groups -OCH3 is 1. The highest BCUT2D eigenvalue weighted by Gasteiger charge is 2.38. The number of carbonyl (C=O) groups is 2. The molecule has 0 aliphatic rings. The predicted molar refractivity (Wildman–Crippen MR) is 227 cm³/mol. The molecule has 0 saturated heterocycles. The molecule has 0 fully saturated rings. The Hall–Kier alpha value is -5.34. The normalized spacial score (nSPS) is 11.9. The molecule has 16 nitrogen and oxygen atoms in total. The van der Waals surface area contributed by atoms with E-state index in [2.05, 4.69) is 29.6 Å². The number of aromatic nitrogens is 5. The number of hydrogen-bond donors (Lipinski definition) is 2. The second-order valence-corrected chi connectivity index (χ2v) is 17.7. The van der Waals surface area contributed by atoms with Gasteiger partial charge in [-0.3, -0.25) is 19.1 Å². The molecule has 28 heteroatoms. The zero-order valence-electron chi connectivity index (χ0n) is 32.3. The van der Waals surface area contributed by atoms with Crippen LogP contribution in [0.15, 0.2) is 89.3 Å². The van der Waals surface area contributed by atoms with Crippen molar-refractivity contribution in [3.63, 3.8) is 0 Å². The smallest absolute Gasteiger partial charge is 0.363 e. The van der Waals surface area contributed by atoms with E-state index in [-0.39, 0.29) is 45.9 Å². The van der Waals surface area contributed by atoms with E-state index in [1.165, 1.54) is 20.4 Å². The minimum atomic E-state index is -4.89. The molecule has 4 heterocycles. The van der Waals surface area contributed by atoms with Crippen molar-refractivity contribution in [2.75, 3.05) is 37.0 Å². The maximum atomic E-state index is 13.2. The van der Waals surface area contributed by atoms with Crippen LogP contribution in [-0.2, 0) is 42.0 Å². The van der Waals surface area contributed by atoms with Crippen molar-refractivity contribution in [1.82, 2.24) is 30.0 Å². The number of alkyl halides is 6. The number of ketones is 1. The highest BCUT2D eigenvalue weighted by molar-refractivity contribution is 7.93. The van der Waals surface area contributed by atoms with Gasteiger partial charge in [-0.05, 0) is 54.6 Å². The van der Waals surface area contributed by atoms with Crippen LogP contribution in [0.1, 0.15) is 45.2 Å². The highest BCUT2D eigenvalue weighted by Crippen LogP contribution is 2.39. The number of benzene rings is 2. The van der Waals surface area contributed by atoms with E-state index < -0.39 is 81.8 Å². The lowest BCUT2D eigenvalue weighted by atomic mass is 10.1. The molecule has 0 radical (unpaired) electrons. The third-order valence-corrected chi connectivity index (χ3v) is 12.5. The Bertz CT molecular complexity index is 2980. The van der Waals surface area contributed by atoms with E-state index >= 15 is 0 Å². The molecular formula is C37H30Cl4F6N8O8S2. The topological polar surface area (TPSA) is 207 Å². The molecule has 0 saturated carbocycles. The number of ether oxygens (including phenoxy) is 1. The number of rotatable bonds is 12. The Morgan fingerprint density at radius 1 is 0.754 bits per heavy atom. The molecule has 1 amide bonds. The van der Waals surface area contributed by atoms with Crippen LogP contribution in [0.3, 0.4) is 0 Å². The lowest BCUT2D eigenvalue weighted by molar-refractivity contribution is -0.138. The van der Waals surface area contributed by atoms with Gasteiger partial charge < -0.3 is 9.72 Å². The minimum absolute atomic E-state index is 0. The summed E-state index contributed by atoms with van der Waals surface area (Å²) in [6.07, 6.45) is -4.88. The number of amides is 1. The largest absolute Gasteiger partial charge is 0.417 e. The molecule has 0 aliphatic carbocycles. The Labute approximate surface area is 385 Å². The molecule has 2 aromatic carbocycles. The second-order valence-electron chi connectivity index (χ2n) is 12.5. The molecule has 0 atom stereocenters. The molecule has 0 spiro atoms. The number of anilines is 2. The zero-order valence-corrected chi connectivity index (χ0v) is 36.9. The van der Waals surface area contributed by atoms with Gasteiger partial charge in [0.25, 0.3) is 26.0 Å². The monoisotopic (exact) mass is 1030 g/mol.